The van der Waals surface area contributed by atoms with Gasteiger partial charge in [0.2, 0.25) is 0 Å². The van der Waals surface area contributed by atoms with E-state index in [0.717, 1.165) is 6.42 Å². The average molecular weight is 500 g/mol. The molecule has 0 N–H and O–H groups in total. The third kappa shape index (κ3) is 6.05. The van der Waals surface area contributed by atoms with Crippen LogP contribution in [0.3, 0.4) is 0 Å². The van der Waals surface area contributed by atoms with Gasteiger partial charge in [0.15, 0.2) is 0 Å². The molecule has 1 heteroatoms. The average Bonchev–Trinajstić information content (AvgIpc) is 3.56. The first-order valence-corrected chi connectivity index (χ1v) is 12.3. The fourth-order valence-electron chi connectivity index (χ4n) is 4.94. The number of rotatable bonds is 7. The Balaban J connectivity index is 0.000000246. The molecule has 5 rings (SSSR count). The standard InChI is InChI=1S/C22H23.C9H13.Zr/c1-2-3-8-16-13-19-15-18-11-7-12-20(18)22(21(19)14-16)17-9-5-4-6-10-17;1-2-3-6-9-7-4-5-8-9;/h4-6,9-10,13-15H,2-3,7-8,11-12H2,1H3;7-8H,2-4,6H2,1H3;/q2*-1;+2. The summed E-state index contributed by atoms with van der Waals surface area (Å²) in [5.74, 6) is 0. The molecule has 3 aromatic rings. The summed E-state index contributed by atoms with van der Waals surface area (Å²) in [7, 11) is 0. The molecule has 0 bridgehead atoms. The molecular formula is C31H36Zr. The van der Waals surface area contributed by atoms with Crippen molar-refractivity contribution < 1.29 is 26.2 Å². The summed E-state index contributed by atoms with van der Waals surface area (Å²) in [6.45, 7) is 4.50. The molecule has 0 nitrogen and oxygen atoms in total. The first-order chi connectivity index (χ1) is 15.3. The second-order valence-electron chi connectivity index (χ2n) is 9.01. The maximum absolute atomic E-state index is 3.16. The summed E-state index contributed by atoms with van der Waals surface area (Å²) in [5.41, 5.74) is 9.08. The van der Waals surface area contributed by atoms with Gasteiger partial charge in [0.05, 0.1) is 0 Å². The summed E-state index contributed by atoms with van der Waals surface area (Å²) in [4.78, 5) is 0. The van der Waals surface area contributed by atoms with Crippen molar-refractivity contribution in [3.05, 3.63) is 89.0 Å². The van der Waals surface area contributed by atoms with Gasteiger partial charge in [-0.1, -0.05) is 93.0 Å². The normalized spacial score (nSPS) is 14.0. The van der Waals surface area contributed by atoms with E-state index in [-0.39, 0.29) is 26.2 Å². The molecule has 0 atom stereocenters. The molecule has 0 unspecified atom stereocenters. The molecular weight excluding hydrogens is 464 g/mol. The van der Waals surface area contributed by atoms with Crippen LogP contribution in [0.4, 0.5) is 0 Å². The van der Waals surface area contributed by atoms with Crippen LogP contribution in [0.15, 0.2) is 66.3 Å². The van der Waals surface area contributed by atoms with E-state index >= 15 is 0 Å². The zero-order valence-corrected chi connectivity index (χ0v) is 22.3. The Bertz CT molecular complexity index is 1050. The van der Waals surface area contributed by atoms with Crippen molar-refractivity contribution in [2.45, 2.75) is 78.1 Å². The van der Waals surface area contributed by atoms with Crippen molar-refractivity contribution in [1.82, 2.24) is 0 Å². The second-order valence-corrected chi connectivity index (χ2v) is 9.01. The van der Waals surface area contributed by atoms with Crippen LogP contribution in [0.25, 0.3) is 21.9 Å². The van der Waals surface area contributed by atoms with Crippen LogP contribution in [0.1, 0.15) is 75.5 Å². The molecule has 164 valence electrons. The molecule has 0 amide bonds. The number of hydrogen-bond acceptors (Lipinski definition) is 0. The second kappa shape index (κ2) is 12.6. The topological polar surface area (TPSA) is 0 Å². The first-order valence-electron chi connectivity index (χ1n) is 12.3. The quantitative estimate of drug-likeness (QED) is 0.285. The Morgan fingerprint density at radius 3 is 2.44 bits per heavy atom. The van der Waals surface area contributed by atoms with Crippen molar-refractivity contribution >= 4 is 10.8 Å². The molecule has 0 spiro atoms. The molecule has 0 aromatic heterocycles. The molecule has 2 aliphatic rings. The van der Waals surface area contributed by atoms with Gasteiger partial charge in [0.1, 0.15) is 0 Å². The summed E-state index contributed by atoms with van der Waals surface area (Å²) in [6.07, 6.45) is 20.0. The number of fused-ring (bicyclic) bond motifs is 2. The molecule has 0 heterocycles. The SMILES string of the molecule is CCCCC1=CC[C-]=C1.CCCCc1cc2c(-c3ccccc3)c3c(cc2[cH-]1)CCC3.[Zr+2]. The predicted molar refractivity (Wildman–Crippen MR) is 136 cm³/mol. The van der Waals surface area contributed by atoms with Gasteiger partial charge in [-0.2, -0.15) is 12.1 Å². The molecule has 0 saturated carbocycles. The largest absolute Gasteiger partial charge is 2.00 e. The molecule has 0 saturated heterocycles. The van der Waals surface area contributed by atoms with E-state index in [1.54, 1.807) is 11.1 Å². The van der Waals surface area contributed by atoms with Crippen molar-refractivity contribution in [2.75, 3.05) is 0 Å². The van der Waals surface area contributed by atoms with Crippen LogP contribution in [-0.2, 0) is 45.5 Å². The van der Waals surface area contributed by atoms with E-state index in [0.29, 0.717) is 0 Å². The third-order valence-corrected chi connectivity index (χ3v) is 6.61. The summed E-state index contributed by atoms with van der Waals surface area (Å²) in [5, 5.41) is 2.92. The van der Waals surface area contributed by atoms with Gasteiger partial charge in [-0.25, -0.2) is 11.6 Å². The number of benzene rings is 2. The van der Waals surface area contributed by atoms with Gasteiger partial charge in [0.25, 0.3) is 0 Å². The van der Waals surface area contributed by atoms with Crippen LogP contribution in [-0.4, -0.2) is 0 Å². The fourth-order valence-corrected chi connectivity index (χ4v) is 4.94. The summed E-state index contributed by atoms with van der Waals surface area (Å²) >= 11 is 0. The van der Waals surface area contributed by atoms with Crippen molar-refractivity contribution in [1.29, 1.82) is 0 Å². The Morgan fingerprint density at radius 1 is 0.938 bits per heavy atom. The minimum Gasteiger partial charge on any atom is -0.273 e. The number of allylic oxidation sites excluding steroid dienone is 4. The van der Waals surface area contributed by atoms with Crippen molar-refractivity contribution in [2.24, 2.45) is 0 Å². The van der Waals surface area contributed by atoms with E-state index in [4.69, 9.17) is 0 Å². The zero-order chi connectivity index (χ0) is 21.5. The summed E-state index contributed by atoms with van der Waals surface area (Å²) in [6, 6.07) is 18.3. The maximum Gasteiger partial charge on any atom is 2.00 e. The van der Waals surface area contributed by atoms with Gasteiger partial charge >= 0.3 is 26.2 Å². The fraction of sp³-hybridized carbons (Fsp3) is 0.387. The summed E-state index contributed by atoms with van der Waals surface area (Å²) < 4.78 is 0. The van der Waals surface area contributed by atoms with Crippen LogP contribution in [0.2, 0.25) is 0 Å². The minimum atomic E-state index is 0. The smallest absolute Gasteiger partial charge is 0.273 e. The van der Waals surface area contributed by atoms with E-state index in [1.165, 1.54) is 90.8 Å². The Hall–Kier alpha value is -1.59. The third-order valence-electron chi connectivity index (χ3n) is 6.61. The van der Waals surface area contributed by atoms with Crippen LogP contribution < -0.4 is 0 Å². The Morgan fingerprint density at radius 2 is 1.72 bits per heavy atom. The predicted octanol–water partition coefficient (Wildman–Crippen LogP) is 8.92. The van der Waals surface area contributed by atoms with Crippen LogP contribution >= 0.6 is 0 Å². The van der Waals surface area contributed by atoms with Crippen LogP contribution in [0, 0.1) is 6.08 Å². The number of aryl methyl sites for hydroxylation is 2. The first kappa shape index (κ1) is 25.0. The van der Waals surface area contributed by atoms with Gasteiger partial charge in [-0.3, -0.25) is 6.08 Å². The molecule has 2 aliphatic carbocycles. The number of unbranched alkanes of at least 4 members (excludes halogenated alkanes) is 2. The van der Waals surface area contributed by atoms with E-state index in [2.05, 4.69) is 80.6 Å². The minimum absolute atomic E-state index is 0. The molecule has 3 aromatic carbocycles. The van der Waals surface area contributed by atoms with Crippen molar-refractivity contribution in [3.8, 4) is 11.1 Å². The zero-order valence-electron chi connectivity index (χ0n) is 19.8. The molecule has 0 radical (unpaired) electrons. The van der Waals surface area contributed by atoms with Gasteiger partial charge in [-0.05, 0) is 31.2 Å². The molecule has 0 aliphatic heterocycles. The number of hydrogen-bond donors (Lipinski definition) is 0. The Kier molecular flexibility index (Phi) is 9.86. The van der Waals surface area contributed by atoms with Gasteiger partial charge in [0, 0.05) is 0 Å². The van der Waals surface area contributed by atoms with E-state index < -0.39 is 0 Å². The van der Waals surface area contributed by atoms with E-state index in [9.17, 15) is 0 Å². The Labute approximate surface area is 214 Å². The van der Waals surface area contributed by atoms with Gasteiger partial charge < -0.3 is 0 Å². The van der Waals surface area contributed by atoms with Crippen molar-refractivity contribution in [3.63, 3.8) is 0 Å². The monoisotopic (exact) mass is 498 g/mol. The maximum atomic E-state index is 3.16. The van der Waals surface area contributed by atoms with Crippen LogP contribution in [0.5, 0.6) is 0 Å². The molecule has 32 heavy (non-hydrogen) atoms. The molecule has 0 fully saturated rings. The van der Waals surface area contributed by atoms with Gasteiger partial charge in [-0.15, -0.1) is 34.9 Å². The van der Waals surface area contributed by atoms with E-state index in [1.807, 2.05) is 0 Å².